The predicted molar refractivity (Wildman–Crippen MR) is 52.0 cm³/mol. The van der Waals surface area contributed by atoms with E-state index < -0.39 is 29.2 Å². The maximum atomic E-state index is 13.3. The molecule has 16 heavy (non-hydrogen) atoms. The molecule has 0 aliphatic carbocycles. The lowest BCUT2D eigenvalue weighted by molar-refractivity contribution is -0.138. The van der Waals surface area contributed by atoms with Gasteiger partial charge in [0.2, 0.25) is 0 Å². The summed E-state index contributed by atoms with van der Waals surface area (Å²) in [5, 5.41) is 8.70. The van der Waals surface area contributed by atoms with Crippen molar-refractivity contribution in [2.24, 2.45) is 0 Å². The Morgan fingerprint density at radius 1 is 1.44 bits per heavy atom. The summed E-state index contributed by atoms with van der Waals surface area (Å²) < 4.78 is 39.2. The van der Waals surface area contributed by atoms with E-state index in [1.165, 1.54) is 6.92 Å². The zero-order chi connectivity index (χ0) is 12.5. The van der Waals surface area contributed by atoms with Gasteiger partial charge in [-0.1, -0.05) is 6.07 Å². The van der Waals surface area contributed by atoms with Crippen molar-refractivity contribution in [2.45, 2.75) is 25.7 Å². The smallest absolute Gasteiger partial charge is 0.310 e. The van der Waals surface area contributed by atoms with Gasteiger partial charge in [0.05, 0.1) is 5.92 Å². The second kappa shape index (κ2) is 4.15. The van der Waals surface area contributed by atoms with Gasteiger partial charge in [-0.15, -0.1) is 0 Å². The van der Waals surface area contributed by atoms with Gasteiger partial charge in [0.15, 0.2) is 0 Å². The van der Waals surface area contributed by atoms with Crippen LogP contribution in [-0.4, -0.2) is 11.1 Å². The van der Waals surface area contributed by atoms with E-state index in [1.807, 2.05) is 0 Å². The van der Waals surface area contributed by atoms with Gasteiger partial charge < -0.3 is 5.11 Å². The molecule has 0 saturated heterocycles. The molecule has 1 unspecified atom stereocenters. The average molecular weight is 232 g/mol. The summed E-state index contributed by atoms with van der Waals surface area (Å²) in [6, 6.07) is 2.71. The lowest BCUT2D eigenvalue weighted by Crippen LogP contribution is -2.13. The summed E-state index contributed by atoms with van der Waals surface area (Å²) in [6.07, 6.45) is 0. The molecule has 0 aromatic heterocycles. The Kier molecular flexibility index (Phi) is 3.26. The first kappa shape index (κ1) is 12.5. The minimum absolute atomic E-state index is 0.230. The van der Waals surface area contributed by atoms with Gasteiger partial charge in [0, 0.05) is 18.1 Å². The van der Waals surface area contributed by atoms with Gasteiger partial charge in [-0.05, 0) is 19.1 Å². The molecule has 1 rings (SSSR count). The van der Waals surface area contributed by atoms with Crippen LogP contribution in [0, 0.1) is 5.82 Å². The Balaban J connectivity index is 3.24. The molecule has 0 aliphatic heterocycles. The average Bonchev–Trinajstić information content (AvgIpc) is 2.15. The van der Waals surface area contributed by atoms with Crippen molar-refractivity contribution in [1.82, 2.24) is 0 Å². The number of benzene rings is 1. The highest BCUT2D eigenvalue weighted by molar-refractivity contribution is 5.75. The molecule has 88 valence electrons. The van der Waals surface area contributed by atoms with Gasteiger partial charge in [0.1, 0.15) is 5.82 Å². The normalized spacial score (nSPS) is 13.6. The van der Waals surface area contributed by atoms with E-state index >= 15 is 0 Å². The van der Waals surface area contributed by atoms with Gasteiger partial charge in [-0.25, -0.2) is 13.2 Å². The largest absolute Gasteiger partial charge is 0.481 e. The third-order valence-corrected chi connectivity index (χ3v) is 2.34. The predicted octanol–water partition coefficient (Wildman–Crippen LogP) is 3.13. The number of carbonyl (C=O) groups is 1. The number of carboxylic acid groups (broad SMARTS) is 1. The maximum Gasteiger partial charge on any atom is 0.310 e. The van der Waals surface area contributed by atoms with Crippen LogP contribution in [0.4, 0.5) is 13.2 Å². The van der Waals surface area contributed by atoms with Gasteiger partial charge >= 0.3 is 5.97 Å². The number of rotatable bonds is 3. The standard InChI is InChI=1S/C11H11F3O2/c1-6(10(15)16)8-5-7(11(2,13)14)3-4-9(8)12/h3-6H,1-2H3,(H,15,16). The van der Waals surface area contributed by atoms with Crippen molar-refractivity contribution in [1.29, 1.82) is 0 Å². The Morgan fingerprint density at radius 2 is 2.00 bits per heavy atom. The van der Waals surface area contributed by atoms with E-state index in [-0.39, 0.29) is 5.56 Å². The molecule has 1 aromatic rings. The van der Waals surface area contributed by atoms with Gasteiger partial charge in [-0.2, -0.15) is 0 Å². The second-order valence-electron chi connectivity index (χ2n) is 3.68. The highest BCUT2D eigenvalue weighted by Crippen LogP contribution is 2.30. The molecule has 2 nitrogen and oxygen atoms in total. The molecule has 1 atom stereocenters. The third kappa shape index (κ3) is 2.53. The molecule has 0 amide bonds. The molecule has 0 fully saturated rings. The number of carboxylic acids is 1. The van der Waals surface area contributed by atoms with Crippen LogP contribution in [0.2, 0.25) is 0 Å². The summed E-state index contributed by atoms with van der Waals surface area (Å²) in [5.74, 6) is -6.30. The molecule has 0 heterocycles. The van der Waals surface area contributed by atoms with E-state index in [0.29, 0.717) is 6.92 Å². The van der Waals surface area contributed by atoms with Gasteiger partial charge in [-0.3, -0.25) is 4.79 Å². The van der Waals surface area contributed by atoms with Gasteiger partial charge in [0.25, 0.3) is 5.92 Å². The molecular weight excluding hydrogens is 221 g/mol. The monoisotopic (exact) mass is 232 g/mol. The van der Waals surface area contributed by atoms with Crippen molar-refractivity contribution >= 4 is 5.97 Å². The van der Waals surface area contributed by atoms with Crippen LogP contribution in [-0.2, 0) is 10.7 Å². The summed E-state index contributed by atoms with van der Waals surface area (Å²) in [5.41, 5.74) is -0.622. The number of hydrogen-bond acceptors (Lipinski definition) is 1. The van der Waals surface area contributed by atoms with E-state index in [4.69, 9.17) is 5.11 Å². The minimum Gasteiger partial charge on any atom is -0.481 e. The molecule has 0 spiro atoms. The van der Waals surface area contributed by atoms with Crippen molar-refractivity contribution in [2.75, 3.05) is 0 Å². The first-order valence-corrected chi connectivity index (χ1v) is 4.64. The number of hydrogen-bond donors (Lipinski definition) is 1. The van der Waals surface area contributed by atoms with Crippen LogP contribution in [0.15, 0.2) is 18.2 Å². The summed E-state index contributed by atoms with van der Waals surface area (Å²) in [6.45, 7) is 1.92. The van der Waals surface area contributed by atoms with Crippen molar-refractivity contribution in [3.63, 3.8) is 0 Å². The van der Waals surface area contributed by atoms with E-state index in [1.54, 1.807) is 0 Å². The highest BCUT2D eigenvalue weighted by Gasteiger charge is 2.27. The second-order valence-corrected chi connectivity index (χ2v) is 3.68. The van der Waals surface area contributed by atoms with E-state index in [9.17, 15) is 18.0 Å². The zero-order valence-electron chi connectivity index (χ0n) is 8.80. The quantitative estimate of drug-likeness (QED) is 0.869. The molecule has 0 saturated carbocycles. The van der Waals surface area contributed by atoms with Crippen molar-refractivity contribution < 1.29 is 23.1 Å². The van der Waals surface area contributed by atoms with Crippen LogP contribution in [0.1, 0.15) is 30.9 Å². The molecule has 0 aliphatic rings. The summed E-state index contributed by atoms with van der Waals surface area (Å²) in [7, 11) is 0. The SMILES string of the molecule is CC(C(=O)O)c1cc(C(C)(F)F)ccc1F. The maximum absolute atomic E-state index is 13.3. The van der Waals surface area contributed by atoms with Crippen LogP contribution in [0.3, 0.4) is 0 Å². The summed E-state index contributed by atoms with van der Waals surface area (Å²) >= 11 is 0. The van der Waals surface area contributed by atoms with Crippen molar-refractivity contribution in [3.8, 4) is 0 Å². The van der Waals surface area contributed by atoms with Crippen LogP contribution in [0.5, 0.6) is 0 Å². The Hall–Kier alpha value is -1.52. The molecule has 5 heteroatoms. The molecule has 0 radical (unpaired) electrons. The van der Waals surface area contributed by atoms with Crippen LogP contribution in [0.25, 0.3) is 0 Å². The first-order valence-electron chi connectivity index (χ1n) is 4.64. The number of halogens is 3. The Bertz CT molecular complexity index is 410. The van der Waals surface area contributed by atoms with E-state index in [2.05, 4.69) is 0 Å². The third-order valence-electron chi connectivity index (χ3n) is 2.34. The first-order chi connectivity index (χ1) is 7.23. The lowest BCUT2D eigenvalue weighted by Gasteiger charge is -2.14. The van der Waals surface area contributed by atoms with Crippen molar-refractivity contribution in [3.05, 3.63) is 35.1 Å². The summed E-state index contributed by atoms with van der Waals surface area (Å²) in [4.78, 5) is 10.7. The number of alkyl halides is 2. The van der Waals surface area contributed by atoms with E-state index in [0.717, 1.165) is 18.2 Å². The van der Waals surface area contributed by atoms with Crippen LogP contribution < -0.4 is 0 Å². The molecule has 1 aromatic carbocycles. The molecular formula is C11H11F3O2. The lowest BCUT2D eigenvalue weighted by atomic mass is 9.97. The topological polar surface area (TPSA) is 37.3 Å². The fourth-order valence-electron chi connectivity index (χ4n) is 1.28. The number of aliphatic carboxylic acids is 1. The fourth-order valence-corrected chi connectivity index (χ4v) is 1.28. The molecule has 1 N–H and O–H groups in total. The Labute approximate surface area is 90.7 Å². The highest BCUT2D eigenvalue weighted by atomic mass is 19.3. The Morgan fingerprint density at radius 3 is 2.44 bits per heavy atom. The minimum atomic E-state index is -3.11. The molecule has 0 bridgehead atoms. The van der Waals surface area contributed by atoms with Crippen LogP contribution >= 0.6 is 0 Å². The zero-order valence-corrected chi connectivity index (χ0v) is 8.80. The fraction of sp³-hybridized carbons (Fsp3) is 0.364.